The summed E-state index contributed by atoms with van der Waals surface area (Å²) in [7, 11) is 0. The summed E-state index contributed by atoms with van der Waals surface area (Å²) in [5.74, 6) is -0.0974. The number of benzene rings is 1. The van der Waals surface area contributed by atoms with Crippen molar-refractivity contribution in [3.8, 4) is 0 Å². The Morgan fingerprint density at radius 1 is 1.32 bits per heavy atom. The zero-order valence-electron chi connectivity index (χ0n) is 12.1. The van der Waals surface area contributed by atoms with Crippen LogP contribution in [0.4, 0.5) is 0 Å². The Balaban J connectivity index is 1.74. The van der Waals surface area contributed by atoms with Crippen molar-refractivity contribution in [2.24, 2.45) is 0 Å². The van der Waals surface area contributed by atoms with E-state index in [1.165, 1.54) is 6.07 Å². The minimum absolute atomic E-state index is 0.0348. The van der Waals surface area contributed by atoms with E-state index >= 15 is 0 Å². The molecule has 0 aliphatic carbocycles. The average Bonchev–Trinajstić information content (AvgIpc) is 2.94. The Morgan fingerprint density at radius 2 is 2.14 bits per heavy atom. The van der Waals surface area contributed by atoms with Crippen molar-refractivity contribution in [2.75, 3.05) is 0 Å². The van der Waals surface area contributed by atoms with E-state index in [9.17, 15) is 9.59 Å². The normalized spacial score (nSPS) is 10.8. The van der Waals surface area contributed by atoms with E-state index in [1.54, 1.807) is 34.4 Å². The van der Waals surface area contributed by atoms with Gasteiger partial charge in [0.25, 0.3) is 0 Å². The molecule has 0 unspecified atom stereocenters. The molecule has 2 aromatic heterocycles. The fraction of sp³-hybridized carbons (Fsp3) is 0.188. The first-order valence-corrected chi connectivity index (χ1v) is 7.71. The molecule has 1 N–H and O–H groups in total. The minimum atomic E-state index is -0.0974. The van der Waals surface area contributed by atoms with Gasteiger partial charge in [0, 0.05) is 28.7 Å². The van der Waals surface area contributed by atoms with E-state index in [4.69, 9.17) is 0 Å². The quantitative estimate of drug-likeness (QED) is 0.802. The standard InChI is InChI=1S/C16H15N3O2S/c1-11-17-8-12(22-11)9-18-16(21)10-19-7-6-15(20)13-4-2-3-5-14(13)19/h2-8H,9-10H2,1H3,(H,18,21). The Morgan fingerprint density at radius 3 is 2.91 bits per heavy atom. The molecule has 0 aliphatic heterocycles. The van der Waals surface area contributed by atoms with Crippen LogP contribution in [0.3, 0.4) is 0 Å². The molecular weight excluding hydrogens is 298 g/mol. The number of para-hydroxylation sites is 1. The van der Waals surface area contributed by atoms with Crippen molar-refractivity contribution in [1.29, 1.82) is 0 Å². The maximum Gasteiger partial charge on any atom is 0.240 e. The Hall–Kier alpha value is -2.47. The van der Waals surface area contributed by atoms with Gasteiger partial charge in [0.1, 0.15) is 6.54 Å². The maximum absolute atomic E-state index is 12.1. The fourth-order valence-electron chi connectivity index (χ4n) is 2.28. The van der Waals surface area contributed by atoms with Crippen LogP contribution in [-0.2, 0) is 17.9 Å². The highest BCUT2D eigenvalue weighted by Gasteiger charge is 2.07. The molecule has 1 aromatic carbocycles. The number of nitrogens with one attached hydrogen (secondary N) is 1. The van der Waals surface area contributed by atoms with Crippen molar-refractivity contribution >= 4 is 28.1 Å². The number of thiazole rings is 1. The van der Waals surface area contributed by atoms with Gasteiger partial charge in [-0.15, -0.1) is 11.3 Å². The largest absolute Gasteiger partial charge is 0.350 e. The van der Waals surface area contributed by atoms with Crippen LogP contribution < -0.4 is 10.7 Å². The van der Waals surface area contributed by atoms with Crippen LogP contribution in [0, 0.1) is 6.92 Å². The lowest BCUT2D eigenvalue weighted by Crippen LogP contribution is -2.27. The number of fused-ring (bicyclic) bond motifs is 1. The average molecular weight is 313 g/mol. The number of aryl methyl sites for hydroxylation is 1. The summed E-state index contributed by atoms with van der Waals surface area (Å²) in [5, 5.41) is 4.48. The summed E-state index contributed by atoms with van der Waals surface area (Å²) in [4.78, 5) is 29.1. The zero-order valence-corrected chi connectivity index (χ0v) is 12.9. The number of pyridine rings is 1. The number of carbonyl (C=O) groups excluding carboxylic acids is 1. The van der Waals surface area contributed by atoms with Gasteiger partial charge in [-0.05, 0) is 19.1 Å². The third-order valence-electron chi connectivity index (χ3n) is 3.33. The maximum atomic E-state index is 12.1. The SMILES string of the molecule is Cc1ncc(CNC(=O)Cn2ccc(=O)c3ccccc32)s1. The summed E-state index contributed by atoms with van der Waals surface area (Å²) < 4.78 is 1.78. The number of rotatable bonds is 4. The molecular formula is C16H15N3O2S. The highest BCUT2D eigenvalue weighted by Crippen LogP contribution is 2.11. The summed E-state index contributed by atoms with van der Waals surface area (Å²) >= 11 is 1.57. The van der Waals surface area contributed by atoms with E-state index in [2.05, 4.69) is 10.3 Å². The van der Waals surface area contributed by atoms with Crippen LogP contribution in [-0.4, -0.2) is 15.5 Å². The van der Waals surface area contributed by atoms with Gasteiger partial charge in [0.15, 0.2) is 5.43 Å². The van der Waals surface area contributed by atoms with E-state index in [-0.39, 0.29) is 17.9 Å². The van der Waals surface area contributed by atoms with E-state index < -0.39 is 0 Å². The van der Waals surface area contributed by atoms with Crippen molar-refractivity contribution in [2.45, 2.75) is 20.0 Å². The molecule has 0 bridgehead atoms. The molecule has 22 heavy (non-hydrogen) atoms. The second-order valence-electron chi connectivity index (χ2n) is 4.95. The van der Waals surface area contributed by atoms with Crippen molar-refractivity contribution in [3.63, 3.8) is 0 Å². The van der Waals surface area contributed by atoms with E-state index in [0.717, 1.165) is 15.4 Å². The second-order valence-corrected chi connectivity index (χ2v) is 6.27. The minimum Gasteiger partial charge on any atom is -0.350 e. The van der Waals surface area contributed by atoms with Gasteiger partial charge in [-0.2, -0.15) is 0 Å². The van der Waals surface area contributed by atoms with Crippen LogP contribution in [0.25, 0.3) is 10.9 Å². The lowest BCUT2D eigenvalue weighted by Gasteiger charge is -2.10. The molecule has 0 atom stereocenters. The molecule has 0 spiro atoms. The number of amides is 1. The van der Waals surface area contributed by atoms with Gasteiger partial charge < -0.3 is 9.88 Å². The van der Waals surface area contributed by atoms with Gasteiger partial charge >= 0.3 is 0 Å². The summed E-state index contributed by atoms with van der Waals surface area (Å²) in [6, 6.07) is 8.78. The molecule has 2 heterocycles. The van der Waals surface area contributed by atoms with Gasteiger partial charge in [-0.3, -0.25) is 9.59 Å². The molecule has 3 aromatic rings. The first-order valence-electron chi connectivity index (χ1n) is 6.90. The first-order chi connectivity index (χ1) is 10.6. The summed E-state index contributed by atoms with van der Waals surface area (Å²) in [5.41, 5.74) is 0.728. The number of aromatic nitrogens is 2. The van der Waals surface area contributed by atoms with E-state index in [1.807, 2.05) is 25.1 Å². The molecule has 0 fully saturated rings. The number of carbonyl (C=O) groups is 1. The lowest BCUT2D eigenvalue weighted by atomic mass is 10.2. The Labute approximate surface area is 131 Å². The third kappa shape index (κ3) is 3.07. The highest BCUT2D eigenvalue weighted by atomic mass is 32.1. The van der Waals surface area contributed by atoms with Gasteiger partial charge in [-0.25, -0.2) is 4.98 Å². The van der Waals surface area contributed by atoms with Crippen molar-refractivity contribution < 1.29 is 4.79 Å². The van der Waals surface area contributed by atoms with E-state index in [0.29, 0.717) is 11.9 Å². The van der Waals surface area contributed by atoms with Crippen molar-refractivity contribution in [1.82, 2.24) is 14.9 Å². The molecule has 0 aliphatic rings. The van der Waals surface area contributed by atoms with Crippen LogP contribution in [0.1, 0.15) is 9.88 Å². The molecule has 0 radical (unpaired) electrons. The molecule has 0 saturated carbocycles. The Bertz CT molecular complexity index is 882. The molecule has 6 heteroatoms. The second kappa shape index (κ2) is 6.11. The predicted molar refractivity (Wildman–Crippen MR) is 86.9 cm³/mol. The van der Waals surface area contributed by atoms with Crippen LogP contribution in [0.15, 0.2) is 47.5 Å². The topological polar surface area (TPSA) is 64.0 Å². The summed E-state index contributed by atoms with van der Waals surface area (Å²) in [6.45, 7) is 2.59. The molecule has 5 nitrogen and oxygen atoms in total. The smallest absolute Gasteiger partial charge is 0.240 e. The molecule has 1 amide bonds. The highest BCUT2D eigenvalue weighted by molar-refractivity contribution is 7.11. The predicted octanol–water partition coefficient (Wildman–Crippen LogP) is 2.08. The number of hydrogen-bond donors (Lipinski definition) is 1. The first kappa shape index (κ1) is 14.5. The number of hydrogen-bond acceptors (Lipinski definition) is 4. The van der Waals surface area contributed by atoms with Gasteiger partial charge in [0.2, 0.25) is 5.91 Å². The number of nitrogens with zero attached hydrogens (tertiary/aromatic N) is 2. The van der Waals surface area contributed by atoms with Crippen molar-refractivity contribution in [3.05, 3.63) is 62.8 Å². The lowest BCUT2D eigenvalue weighted by molar-refractivity contribution is -0.121. The Kier molecular flexibility index (Phi) is 4.02. The van der Waals surface area contributed by atoms with Crippen LogP contribution >= 0.6 is 11.3 Å². The van der Waals surface area contributed by atoms with Crippen LogP contribution in [0.5, 0.6) is 0 Å². The molecule has 3 rings (SSSR count). The third-order valence-corrected chi connectivity index (χ3v) is 4.24. The fourth-order valence-corrected chi connectivity index (χ4v) is 3.02. The molecule has 0 saturated heterocycles. The van der Waals surface area contributed by atoms with Gasteiger partial charge in [-0.1, -0.05) is 12.1 Å². The zero-order chi connectivity index (χ0) is 15.5. The van der Waals surface area contributed by atoms with Gasteiger partial charge in [0.05, 0.1) is 17.1 Å². The molecule has 112 valence electrons. The van der Waals surface area contributed by atoms with Crippen LogP contribution in [0.2, 0.25) is 0 Å². The summed E-state index contributed by atoms with van der Waals surface area (Å²) in [6.07, 6.45) is 3.43. The monoisotopic (exact) mass is 313 g/mol.